The minimum atomic E-state index is -4.56. The average molecular weight is 358 g/mol. The Morgan fingerprint density at radius 1 is 1.36 bits per heavy atom. The molecule has 3 atom stereocenters. The fraction of sp³-hybridized carbons (Fsp3) is 0.688. The highest BCUT2D eigenvalue weighted by Crippen LogP contribution is 2.36. The molecule has 25 heavy (non-hydrogen) atoms. The van der Waals surface area contributed by atoms with Gasteiger partial charge in [-0.15, -0.1) is 0 Å². The summed E-state index contributed by atoms with van der Waals surface area (Å²) < 4.78 is 39.8. The van der Waals surface area contributed by atoms with Crippen molar-refractivity contribution in [2.45, 2.75) is 38.5 Å². The molecule has 1 fully saturated rings. The first kappa shape index (κ1) is 18.1. The van der Waals surface area contributed by atoms with Crippen LogP contribution in [0.5, 0.6) is 0 Å². The average Bonchev–Trinajstić information content (AvgIpc) is 2.95. The van der Waals surface area contributed by atoms with E-state index in [1.807, 2.05) is 0 Å². The number of aliphatic hydroxyl groups is 1. The third-order valence-electron chi connectivity index (χ3n) is 4.87. The number of carbonyl (C=O) groups excluding carboxylic acids is 1. The van der Waals surface area contributed by atoms with E-state index in [-0.39, 0.29) is 29.6 Å². The Bertz CT molecular complexity index is 666. The van der Waals surface area contributed by atoms with E-state index in [4.69, 9.17) is 0 Å². The number of hydrogen-bond donors (Lipinski definition) is 3. The Labute approximate surface area is 143 Å². The van der Waals surface area contributed by atoms with Gasteiger partial charge in [0.1, 0.15) is 5.82 Å². The summed E-state index contributed by atoms with van der Waals surface area (Å²) in [5, 5.41) is 15.5. The van der Waals surface area contributed by atoms with Crippen molar-refractivity contribution in [1.82, 2.24) is 20.6 Å². The van der Waals surface area contributed by atoms with Crippen LogP contribution in [0.1, 0.15) is 29.2 Å². The second-order valence-electron chi connectivity index (χ2n) is 6.71. The van der Waals surface area contributed by atoms with E-state index in [9.17, 15) is 23.1 Å². The standard InChI is InChI=1S/C16H21F3N4O2/c1-8-22-12-3-2-9(4-11(12)14(23-8)16(17,18)19)15(25)21-6-10-5-20-7-13(10)24/h9-10,13,20,24H,2-7H2,1H3,(H,21,25). The van der Waals surface area contributed by atoms with Gasteiger partial charge in [-0.1, -0.05) is 0 Å². The number of β-amino-alcohol motifs (C(OH)–C–C–N with tert-alkyl or cyclic N) is 1. The predicted molar refractivity (Wildman–Crippen MR) is 82.7 cm³/mol. The zero-order chi connectivity index (χ0) is 18.2. The first-order chi connectivity index (χ1) is 11.8. The lowest BCUT2D eigenvalue weighted by Crippen LogP contribution is -2.40. The van der Waals surface area contributed by atoms with Crippen LogP contribution in [0.4, 0.5) is 13.2 Å². The number of carbonyl (C=O) groups is 1. The second-order valence-corrected chi connectivity index (χ2v) is 6.71. The molecule has 3 unspecified atom stereocenters. The van der Waals surface area contributed by atoms with Gasteiger partial charge in [0.2, 0.25) is 5.91 Å². The number of nitrogens with one attached hydrogen (secondary N) is 2. The molecule has 1 saturated heterocycles. The number of amides is 1. The molecule has 6 nitrogen and oxygen atoms in total. The highest BCUT2D eigenvalue weighted by molar-refractivity contribution is 5.79. The van der Waals surface area contributed by atoms with Gasteiger partial charge in [-0.25, -0.2) is 9.97 Å². The van der Waals surface area contributed by atoms with Crippen molar-refractivity contribution in [3.05, 3.63) is 22.8 Å². The maximum atomic E-state index is 13.3. The topological polar surface area (TPSA) is 87.1 Å². The summed E-state index contributed by atoms with van der Waals surface area (Å²) >= 11 is 0. The molecule has 138 valence electrons. The van der Waals surface area contributed by atoms with Gasteiger partial charge in [0, 0.05) is 42.7 Å². The summed E-state index contributed by atoms with van der Waals surface area (Å²) in [4.78, 5) is 20.0. The van der Waals surface area contributed by atoms with Gasteiger partial charge in [0.15, 0.2) is 5.69 Å². The van der Waals surface area contributed by atoms with Crippen LogP contribution in [0.15, 0.2) is 0 Å². The summed E-state index contributed by atoms with van der Waals surface area (Å²) in [5.74, 6) is -0.793. The van der Waals surface area contributed by atoms with E-state index < -0.39 is 23.9 Å². The Balaban J connectivity index is 1.71. The van der Waals surface area contributed by atoms with Crippen LogP contribution in [0.25, 0.3) is 0 Å². The smallest absolute Gasteiger partial charge is 0.391 e. The molecule has 9 heteroatoms. The Hall–Kier alpha value is -1.74. The number of aryl methyl sites for hydroxylation is 2. The number of hydrogen-bond acceptors (Lipinski definition) is 5. The van der Waals surface area contributed by atoms with E-state index in [0.717, 1.165) is 0 Å². The monoisotopic (exact) mass is 358 g/mol. The Kier molecular flexibility index (Phi) is 4.97. The number of fused-ring (bicyclic) bond motifs is 1. The van der Waals surface area contributed by atoms with Gasteiger partial charge in [0.25, 0.3) is 0 Å². The lowest BCUT2D eigenvalue weighted by Gasteiger charge is -2.26. The van der Waals surface area contributed by atoms with Crippen molar-refractivity contribution in [2.75, 3.05) is 19.6 Å². The molecule has 3 rings (SSSR count). The van der Waals surface area contributed by atoms with Crippen molar-refractivity contribution in [3.63, 3.8) is 0 Å². The van der Waals surface area contributed by atoms with Crippen LogP contribution >= 0.6 is 0 Å². The second kappa shape index (κ2) is 6.87. The zero-order valence-electron chi connectivity index (χ0n) is 13.9. The SMILES string of the molecule is Cc1nc2c(c(C(F)(F)F)n1)CC(C(=O)NCC1CNCC1O)CC2. The van der Waals surface area contributed by atoms with Crippen LogP contribution < -0.4 is 10.6 Å². The number of rotatable bonds is 3. The maximum Gasteiger partial charge on any atom is 0.433 e. The van der Waals surface area contributed by atoms with Crippen molar-refractivity contribution in [2.24, 2.45) is 11.8 Å². The molecule has 0 saturated carbocycles. The molecule has 1 aliphatic heterocycles. The summed E-state index contributed by atoms with van der Waals surface area (Å²) in [7, 11) is 0. The molecule has 0 radical (unpaired) electrons. The largest absolute Gasteiger partial charge is 0.433 e. The lowest BCUT2D eigenvalue weighted by molar-refractivity contribution is -0.142. The molecule has 0 spiro atoms. The third-order valence-corrected chi connectivity index (χ3v) is 4.87. The summed E-state index contributed by atoms with van der Waals surface area (Å²) in [5.41, 5.74) is -0.505. The zero-order valence-corrected chi connectivity index (χ0v) is 13.9. The molecule has 2 heterocycles. The van der Waals surface area contributed by atoms with E-state index in [1.54, 1.807) is 0 Å². The number of alkyl halides is 3. The van der Waals surface area contributed by atoms with Crippen LogP contribution in [0, 0.1) is 18.8 Å². The number of halogens is 3. The molecule has 1 amide bonds. The molecule has 1 aliphatic carbocycles. The first-order valence-electron chi connectivity index (χ1n) is 8.35. The maximum absolute atomic E-state index is 13.3. The molecule has 0 bridgehead atoms. The van der Waals surface area contributed by atoms with E-state index in [1.165, 1.54) is 6.92 Å². The van der Waals surface area contributed by atoms with E-state index >= 15 is 0 Å². The predicted octanol–water partition coefficient (Wildman–Crippen LogP) is 0.605. The molecule has 2 aliphatic rings. The normalized spacial score (nSPS) is 26.4. The van der Waals surface area contributed by atoms with Crippen molar-refractivity contribution >= 4 is 5.91 Å². The van der Waals surface area contributed by atoms with E-state index in [0.29, 0.717) is 38.2 Å². The molecule has 0 aromatic carbocycles. The molecule has 1 aromatic heterocycles. The van der Waals surface area contributed by atoms with Gasteiger partial charge >= 0.3 is 6.18 Å². The number of aromatic nitrogens is 2. The first-order valence-corrected chi connectivity index (χ1v) is 8.35. The van der Waals surface area contributed by atoms with E-state index in [2.05, 4.69) is 20.6 Å². The number of nitrogens with zero attached hydrogens (tertiary/aromatic N) is 2. The molecule has 3 N–H and O–H groups in total. The highest BCUT2D eigenvalue weighted by Gasteiger charge is 2.40. The van der Waals surface area contributed by atoms with Crippen LogP contribution in [0.3, 0.4) is 0 Å². The van der Waals surface area contributed by atoms with Crippen LogP contribution in [-0.4, -0.2) is 46.7 Å². The van der Waals surface area contributed by atoms with Gasteiger partial charge < -0.3 is 15.7 Å². The summed E-state index contributed by atoms with van der Waals surface area (Å²) in [6.45, 7) is 2.85. The fourth-order valence-corrected chi connectivity index (χ4v) is 3.50. The van der Waals surface area contributed by atoms with Crippen LogP contribution in [-0.2, 0) is 23.8 Å². The minimum Gasteiger partial charge on any atom is -0.391 e. The van der Waals surface area contributed by atoms with Gasteiger partial charge in [-0.05, 0) is 26.2 Å². The van der Waals surface area contributed by atoms with Crippen molar-refractivity contribution in [3.8, 4) is 0 Å². The molecule has 1 aromatic rings. The highest BCUT2D eigenvalue weighted by atomic mass is 19.4. The summed E-state index contributed by atoms with van der Waals surface area (Å²) in [6.07, 6.45) is -4.30. The lowest BCUT2D eigenvalue weighted by atomic mass is 9.84. The molecular formula is C16H21F3N4O2. The minimum absolute atomic E-state index is 0.0121. The fourth-order valence-electron chi connectivity index (χ4n) is 3.50. The van der Waals surface area contributed by atoms with Crippen LogP contribution in [0.2, 0.25) is 0 Å². The third kappa shape index (κ3) is 3.92. The van der Waals surface area contributed by atoms with Crippen molar-refractivity contribution in [1.29, 1.82) is 0 Å². The van der Waals surface area contributed by atoms with Gasteiger partial charge in [-0.2, -0.15) is 13.2 Å². The molecular weight excluding hydrogens is 337 g/mol. The van der Waals surface area contributed by atoms with Crippen molar-refractivity contribution < 1.29 is 23.1 Å². The summed E-state index contributed by atoms with van der Waals surface area (Å²) in [6, 6.07) is 0. The Morgan fingerprint density at radius 3 is 2.76 bits per heavy atom. The number of aliphatic hydroxyl groups excluding tert-OH is 1. The van der Waals surface area contributed by atoms with Gasteiger partial charge in [0.05, 0.1) is 6.10 Å². The van der Waals surface area contributed by atoms with Gasteiger partial charge in [-0.3, -0.25) is 4.79 Å². The quantitative estimate of drug-likeness (QED) is 0.737. The Morgan fingerprint density at radius 2 is 2.12 bits per heavy atom.